The molecular formula is C23H29N7O2. The van der Waals surface area contributed by atoms with E-state index in [0.29, 0.717) is 24.7 Å². The Labute approximate surface area is 186 Å². The number of hydrogen-bond acceptors (Lipinski definition) is 7. The maximum absolute atomic E-state index is 5.47. The van der Waals surface area contributed by atoms with Gasteiger partial charge in [-0.15, -0.1) is 5.10 Å². The molecule has 9 heteroatoms. The Morgan fingerprint density at radius 2 is 1.94 bits per heavy atom. The van der Waals surface area contributed by atoms with Gasteiger partial charge in [0.15, 0.2) is 5.65 Å². The molecule has 1 aliphatic rings. The Hall–Kier alpha value is -3.04. The number of anilines is 1. The fourth-order valence-corrected chi connectivity index (χ4v) is 4.52. The van der Waals surface area contributed by atoms with Gasteiger partial charge in [0.05, 0.1) is 30.1 Å². The molecule has 0 amide bonds. The maximum Gasteiger partial charge on any atom is 0.241 e. The van der Waals surface area contributed by atoms with E-state index in [0.717, 1.165) is 66.0 Å². The summed E-state index contributed by atoms with van der Waals surface area (Å²) in [7, 11) is 3.49. The number of methoxy groups -OCH3 is 2. The van der Waals surface area contributed by atoms with Crippen molar-refractivity contribution in [2.24, 2.45) is 0 Å². The first-order valence-corrected chi connectivity index (χ1v) is 11.1. The van der Waals surface area contributed by atoms with Gasteiger partial charge in [-0.25, -0.2) is 19.5 Å². The van der Waals surface area contributed by atoms with E-state index in [4.69, 9.17) is 14.5 Å². The van der Waals surface area contributed by atoms with Gasteiger partial charge in [-0.1, -0.05) is 0 Å². The molecule has 0 atom stereocenters. The second kappa shape index (κ2) is 8.84. The first-order valence-electron chi connectivity index (χ1n) is 11.1. The van der Waals surface area contributed by atoms with Crippen LogP contribution in [0.4, 0.5) is 5.95 Å². The first kappa shape index (κ1) is 20.8. The van der Waals surface area contributed by atoms with Crippen molar-refractivity contribution in [3.8, 4) is 11.3 Å². The number of aryl methyl sites for hydroxylation is 1. The zero-order valence-electron chi connectivity index (χ0n) is 18.8. The van der Waals surface area contributed by atoms with Crippen LogP contribution in [0.3, 0.4) is 0 Å². The third-order valence-corrected chi connectivity index (χ3v) is 6.34. The van der Waals surface area contributed by atoms with E-state index in [1.54, 1.807) is 14.2 Å². The number of ether oxygens (including phenoxy) is 2. The number of pyridine rings is 1. The lowest BCUT2D eigenvalue weighted by atomic mass is 9.93. The SMILES string of the molecule is COCCn1c(C)nc2ccc(-c3ccn4nc(N[C@H]5CC[C@H](OC)CC5)ncc34)nc21. The largest absolute Gasteiger partial charge is 0.383 e. The van der Waals surface area contributed by atoms with Crippen LogP contribution in [0.1, 0.15) is 31.5 Å². The van der Waals surface area contributed by atoms with E-state index < -0.39 is 0 Å². The quantitative estimate of drug-likeness (QED) is 0.475. The van der Waals surface area contributed by atoms with Gasteiger partial charge in [0, 0.05) is 38.6 Å². The van der Waals surface area contributed by atoms with Gasteiger partial charge in [0.2, 0.25) is 5.95 Å². The number of nitrogens with zero attached hydrogens (tertiary/aromatic N) is 6. The first-order chi connectivity index (χ1) is 15.7. The van der Waals surface area contributed by atoms with Crippen molar-refractivity contribution >= 4 is 22.6 Å². The summed E-state index contributed by atoms with van der Waals surface area (Å²) >= 11 is 0. The average Bonchev–Trinajstić information content (AvgIpc) is 3.37. The summed E-state index contributed by atoms with van der Waals surface area (Å²) in [6.45, 7) is 3.33. The standard InChI is InChI=1S/C23H29N7O2/c1-15-25-20-9-8-19(27-22(20)29(15)12-13-31-2)18-10-11-30-21(18)14-24-23(28-30)26-16-4-6-17(32-3)7-5-16/h8-11,14,16-17H,4-7,12-13H2,1-3H3,(H,26,28)/t16-,17-. The van der Waals surface area contributed by atoms with E-state index in [-0.39, 0.29) is 0 Å². The molecule has 9 nitrogen and oxygen atoms in total. The van der Waals surface area contributed by atoms with E-state index in [2.05, 4.69) is 25.0 Å². The minimum atomic E-state index is 0.378. The molecular weight excluding hydrogens is 406 g/mol. The van der Waals surface area contributed by atoms with E-state index in [1.807, 2.05) is 42.0 Å². The van der Waals surface area contributed by atoms with Crippen molar-refractivity contribution in [1.82, 2.24) is 29.1 Å². The lowest BCUT2D eigenvalue weighted by Crippen LogP contribution is -2.30. The van der Waals surface area contributed by atoms with Gasteiger partial charge in [0.25, 0.3) is 0 Å². The third kappa shape index (κ3) is 3.93. The molecule has 0 saturated heterocycles. The maximum atomic E-state index is 5.47. The van der Waals surface area contributed by atoms with Crippen LogP contribution in [-0.2, 0) is 16.0 Å². The average molecular weight is 436 g/mol. The molecule has 0 unspecified atom stereocenters. The van der Waals surface area contributed by atoms with Crippen molar-refractivity contribution < 1.29 is 9.47 Å². The molecule has 1 N–H and O–H groups in total. The zero-order valence-corrected chi connectivity index (χ0v) is 18.8. The molecule has 1 saturated carbocycles. The number of hydrogen-bond donors (Lipinski definition) is 1. The highest BCUT2D eigenvalue weighted by Gasteiger charge is 2.21. The minimum absolute atomic E-state index is 0.378. The predicted molar refractivity (Wildman–Crippen MR) is 123 cm³/mol. The van der Waals surface area contributed by atoms with Crippen LogP contribution in [0, 0.1) is 6.92 Å². The van der Waals surface area contributed by atoms with Gasteiger partial charge in [-0.3, -0.25) is 0 Å². The summed E-state index contributed by atoms with van der Waals surface area (Å²) in [4.78, 5) is 14.1. The van der Waals surface area contributed by atoms with Crippen molar-refractivity contribution in [3.05, 3.63) is 36.4 Å². The fourth-order valence-electron chi connectivity index (χ4n) is 4.52. The van der Waals surface area contributed by atoms with Crippen molar-refractivity contribution in [2.45, 2.75) is 51.3 Å². The number of aromatic nitrogens is 6. The molecule has 4 aromatic heterocycles. The molecule has 5 rings (SSSR count). The monoisotopic (exact) mass is 435 g/mol. The van der Waals surface area contributed by atoms with Gasteiger partial charge in [-0.05, 0) is 50.8 Å². The Kier molecular flexibility index (Phi) is 5.75. The van der Waals surface area contributed by atoms with Crippen LogP contribution in [-0.4, -0.2) is 62.1 Å². The highest BCUT2D eigenvalue weighted by atomic mass is 16.5. The fraction of sp³-hybridized carbons (Fsp3) is 0.478. The van der Waals surface area contributed by atoms with E-state index in [9.17, 15) is 0 Å². The highest BCUT2D eigenvalue weighted by molar-refractivity contribution is 5.82. The summed E-state index contributed by atoms with van der Waals surface area (Å²) in [5.74, 6) is 1.58. The second-order valence-corrected chi connectivity index (χ2v) is 8.34. The Bertz CT molecular complexity index is 1220. The highest BCUT2D eigenvalue weighted by Crippen LogP contribution is 2.27. The summed E-state index contributed by atoms with van der Waals surface area (Å²) in [6, 6.07) is 6.44. The summed E-state index contributed by atoms with van der Waals surface area (Å²) in [6.07, 6.45) is 8.47. The Balaban J connectivity index is 1.41. The zero-order chi connectivity index (χ0) is 22.1. The lowest BCUT2D eigenvalue weighted by molar-refractivity contribution is 0.0681. The molecule has 0 spiro atoms. The molecule has 0 aliphatic heterocycles. The molecule has 4 heterocycles. The molecule has 4 aromatic rings. The lowest BCUT2D eigenvalue weighted by Gasteiger charge is -2.28. The van der Waals surface area contributed by atoms with E-state index in [1.165, 1.54) is 0 Å². The van der Waals surface area contributed by atoms with Crippen molar-refractivity contribution in [1.29, 1.82) is 0 Å². The molecule has 0 aromatic carbocycles. The normalized spacial score (nSPS) is 19.1. The second-order valence-electron chi connectivity index (χ2n) is 8.34. The minimum Gasteiger partial charge on any atom is -0.383 e. The van der Waals surface area contributed by atoms with Crippen LogP contribution >= 0.6 is 0 Å². The number of imidazole rings is 1. The number of nitrogens with one attached hydrogen (secondary N) is 1. The van der Waals surface area contributed by atoms with Crippen LogP contribution in [0.25, 0.3) is 27.9 Å². The van der Waals surface area contributed by atoms with Crippen molar-refractivity contribution in [2.75, 3.05) is 26.1 Å². The third-order valence-electron chi connectivity index (χ3n) is 6.34. The Morgan fingerprint density at radius 3 is 2.72 bits per heavy atom. The number of rotatable bonds is 7. The van der Waals surface area contributed by atoms with Crippen LogP contribution in [0.5, 0.6) is 0 Å². The van der Waals surface area contributed by atoms with Gasteiger partial charge in [-0.2, -0.15) is 0 Å². The van der Waals surface area contributed by atoms with Crippen molar-refractivity contribution in [3.63, 3.8) is 0 Å². The topological polar surface area (TPSA) is 91.4 Å². The smallest absolute Gasteiger partial charge is 0.241 e. The molecule has 1 fully saturated rings. The summed E-state index contributed by atoms with van der Waals surface area (Å²) in [5, 5.41) is 8.16. The molecule has 1 aliphatic carbocycles. The number of fused-ring (bicyclic) bond motifs is 2. The van der Waals surface area contributed by atoms with Gasteiger partial charge >= 0.3 is 0 Å². The molecule has 168 valence electrons. The molecule has 32 heavy (non-hydrogen) atoms. The van der Waals surface area contributed by atoms with Crippen LogP contribution in [0.15, 0.2) is 30.6 Å². The molecule has 0 bridgehead atoms. The predicted octanol–water partition coefficient (Wildman–Crippen LogP) is 3.47. The van der Waals surface area contributed by atoms with E-state index >= 15 is 0 Å². The Morgan fingerprint density at radius 1 is 1.09 bits per heavy atom. The van der Waals surface area contributed by atoms with Crippen LogP contribution < -0.4 is 5.32 Å². The van der Waals surface area contributed by atoms with Gasteiger partial charge < -0.3 is 19.4 Å². The van der Waals surface area contributed by atoms with Crippen LogP contribution in [0.2, 0.25) is 0 Å². The summed E-state index contributed by atoms with van der Waals surface area (Å²) < 4.78 is 14.7. The molecule has 0 radical (unpaired) electrons. The van der Waals surface area contributed by atoms with Gasteiger partial charge in [0.1, 0.15) is 11.3 Å². The summed E-state index contributed by atoms with van der Waals surface area (Å²) in [5.41, 5.74) is 4.54.